The normalized spacial score (nSPS) is 13.4. The fourth-order valence-corrected chi connectivity index (χ4v) is 10.7. The summed E-state index contributed by atoms with van der Waals surface area (Å²) in [6, 6.07) is 25.6. The summed E-state index contributed by atoms with van der Waals surface area (Å²) in [4.78, 5) is 0. The Morgan fingerprint density at radius 1 is 0.781 bits per heavy atom. The third-order valence-electron chi connectivity index (χ3n) is 5.09. The van der Waals surface area contributed by atoms with Crippen LogP contribution < -0.4 is 20.7 Å². The lowest BCUT2D eigenvalue weighted by Gasteiger charge is -2.27. The van der Waals surface area contributed by atoms with E-state index in [0.29, 0.717) is 28.3 Å². The second-order valence-electron chi connectivity index (χ2n) is 7.43. The molecule has 7 heteroatoms. The van der Waals surface area contributed by atoms with Gasteiger partial charge in [-0.25, -0.2) is 0 Å². The molecule has 0 radical (unpaired) electrons. The van der Waals surface area contributed by atoms with Crippen LogP contribution in [-0.2, 0) is 18.4 Å². The first-order valence-electron chi connectivity index (χ1n) is 10.7. The lowest BCUT2D eigenvalue weighted by molar-refractivity contribution is 0.0518. The molecule has 0 spiro atoms. The molecule has 0 aliphatic rings. The van der Waals surface area contributed by atoms with E-state index in [-0.39, 0.29) is 12.7 Å². The minimum Gasteiger partial charge on any atom is -0.467 e. The van der Waals surface area contributed by atoms with E-state index in [1.807, 2.05) is 67.6 Å². The Morgan fingerprint density at radius 3 is 1.91 bits per heavy atom. The van der Waals surface area contributed by atoms with Gasteiger partial charge in [0, 0.05) is 17.7 Å². The van der Waals surface area contributed by atoms with Crippen LogP contribution >= 0.6 is 14.5 Å². The molecule has 5 nitrogen and oxygen atoms in total. The molecule has 0 N–H and O–H groups in total. The van der Waals surface area contributed by atoms with E-state index in [0.717, 1.165) is 12.8 Å². The monoisotopic (exact) mass is 472 g/mol. The average molecular weight is 472 g/mol. The summed E-state index contributed by atoms with van der Waals surface area (Å²) in [5, 5.41) is 1.74. The Labute approximate surface area is 190 Å². The summed E-state index contributed by atoms with van der Waals surface area (Å²) in [5.74, 6) is 0.298. The summed E-state index contributed by atoms with van der Waals surface area (Å²) >= 11 is 0. The number of benzene rings is 3. The van der Waals surface area contributed by atoms with Gasteiger partial charge in [0.1, 0.15) is 5.75 Å². The van der Waals surface area contributed by atoms with Crippen LogP contribution in [-0.4, -0.2) is 26.4 Å². The van der Waals surface area contributed by atoms with Crippen molar-refractivity contribution in [2.45, 2.75) is 19.8 Å². The molecule has 0 aliphatic heterocycles. The van der Waals surface area contributed by atoms with Crippen LogP contribution in [0.1, 0.15) is 19.8 Å². The second kappa shape index (κ2) is 11.6. The minimum absolute atomic E-state index is 0.0149. The van der Waals surface area contributed by atoms with Crippen molar-refractivity contribution in [3.05, 3.63) is 84.9 Å². The molecule has 1 atom stereocenters. The molecule has 0 bridgehead atoms. The van der Waals surface area contributed by atoms with Gasteiger partial charge in [-0.1, -0.05) is 86.1 Å². The number of para-hydroxylation sites is 1. The van der Waals surface area contributed by atoms with Crippen LogP contribution in [0.3, 0.4) is 0 Å². The molecule has 32 heavy (non-hydrogen) atoms. The van der Waals surface area contributed by atoms with Gasteiger partial charge in [0.05, 0.1) is 17.8 Å². The number of unbranched alkanes of at least 4 members (excludes halogenated alkanes) is 1. The highest BCUT2D eigenvalue weighted by molar-refractivity contribution is 7.89. The third-order valence-corrected chi connectivity index (χ3v) is 12.1. The molecule has 1 unspecified atom stereocenters. The SMILES string of the molecule is CCCCOP(=O)(CP(=O)(c1ccccc1)c1ccccc1)c1ccccc1OCOC. The van der Waals surface area contributed by atoms with Gasteiger partial charge in [0.2, 0.25) is 7.37 Å². The Hall–Kier alpha value is -2.16. The molecule has 0 saturated carbocycles. The topological polar surface area (TPSA) is 61.8 Å². The van der Waals surface area contributed by atoms with E-state index < -0.39 is 14.5 Å². The largest absolute Gasteiger partial charge is 0.467 e. The Balaban J connectivity index is 2.12. The zero-order chi connectivity index (χ0) is 22.9. The van der Waals surface area contributed by atoms with Gasteiger partial charge < -0.3 is 18.6 Å². The highest BCUT2D eigenvalue weighted by atomic mass is 31.2. The number of hydrogen-bond donors (Lipinski definition) is 0. The third kappa shape index (κ3) is 5.79. The highest BCUT2D eigenvalue weighted by Crippen LogP contribution is 2.61. The molecule has 3 aromatic rings. The van der Waals surface area contributed by atoms with Crippen molar-refractivity contribution in [3.8, 4) is 5.75 Å². The molecular weight excluding hydrogens is 442 g/mol. The summed E-state index contributed by atoms with van der Waals surface area (Å²) in [6.07, 6.45) is 1.66. The summed E-state index contributed by atoms with van der Waals surface area (Å²) < 4.78 is 46.0. The van der Waals surface area contributed by atoms with Crippen LogP contribution in [0, 0.1) is 0 Å². The highest BCUT2D eigenvalue weighted by Gasteiger charge is 2.40. The second-order valence-corrected chi connectivity index (χ2v) is 13.2. The molecular formula is C25H30O5P2. The first kappa shape index (κ1) is 24.5. The molecule has 0 aromatic heterocycles. The number of rotatable bonds is 12. The Kier molecular flexibility index (Phi) is 8.90. The average Bonchev–Trinajstić information content (AvgIpc) is 2.84. The summed E-state index contributed by atoms with van der Waals surface area (Å²) in [7, 11) is -5.33. The lowest BCUT2D eigenvalue weighted by atomic mass is 10.3. The zero-order valence-electron chi connectivity index (χ0n) is 18.6. The smallest absolute Gasteiger partial charge is 0.243 e. The molecule has 0 saturated heterocycles. The van der Waals surface area contributed by atoms with Gasteiger partial charge in [-0.3, -0.25) is 4.57 Å². The van der Waals surface area contributed by atoms with Gasteiger partial charge in [0.25, 0.3) is 0 Å². The van der Waals surface area contributed by atoms with Crippen LogP contribution in [0.15, 0.2) is 84.9 Å². The van der Waals surface area contributed by atoms with E-state index in [1.165, 1.54) is 7.11 Å². The first-order chi connectivity index (χ1) is 15.5. The van der Waals surface area contributed by atoms with E-state index in [1.54, 1.807) is 24.3 Å². The van der Waals surface area contributed by atoms with Crippen LogP contribution in [0.5, 0.6) is 5.75 Å². The van der Waals surface area contributed by atoms with Gasteiger partial charge in [-0.05, 0) is 18.6 Å². The van der Waals surface area contributed by atoms with E-state index in [9.17, 15) is 9.13 Å². The van der Waals surface area contributed by atoms with E-state index in [4.69, 9.17) is 14.0 Å². The Bertz CT molecular complexity index is 1030. The van der Waals surface area contributed by atoms with E-state index >= 15 is 0 Å². The molecule has 0 amide bonds. The number of ether oxygens (including phenoxy) is 2. The van der Waals surface area contributed by atoms with Crippen molar-refractivity contribution in [3.63, 3.8) is 0 Å². The number of methoxy groups -OCH3 is 1. The molecule has 0 heterocycles. The van der Waals surface area contributed by atoms with Crippen LogP contribution in [0.2, 0.25) is 0 Å². The van der Waals surface area contributed by atoms with Crippen molar-refractivity contribution in [1.82, 2.24) is 0 Å². The lowest BCUT2D eigenvalue weighted by Crippen LogP contribution is -2.23. The maximum Gasteiger partial charge on any atom is 0.243 e. The van der Waals surface area contributed by atoms with Gasteiger partial charge >= 0.3 is 0 Å². The molecule has 3 aromatic carbocycles. The molecule has 0 aliphatic carbocycles. The van der Waals surface area contributed by atoms with Crippen molar-refractivity contribution in [1.29, 1.82) is 0 Å². The minimum atomic E-state index is -3.58. The maximum atomic E-state index is 14.6. The molecule has 0 fully saturated rings. The van der Waals surface area contributed by atoms with Gasteiger partial charge in [-0.15, -0.1) is 0 Å². The van der Waals surface area contributed by atoms with Gasteiger partial charge in [0.15, 0.2) is 13.9 Å². The predicted molar refractivity (Wildman–Crippen MR) is 132 cm³/mol. The quantitative estimate of drug-likeness (QED) is 0.202. The van der Waals surface area contributed by atoms with Crippen molar-refractivity contribution in [2.24, 2.45) is 0 Å². The van der Waals surface area contributed by atoms with Crippen LogP contribution in [0.4, 0.5) is 0 Å². The summed E-state index contributed by atoms with van der Waals surface area (Å²) in [5.41, 5.74) is 0. The predicted octanol–water partition coefficient (Wildman–Crippen LogP) is 5.36. The fourth-order valence-electron chi connectivity index (χ4n) is 3.44. The first-order valence-corrected chi connectivity index (χ1v) is 14.4. The van der Waals surface area contributed by atoms with Crippen molar-refractivity contribution >= 4 is 30.4 Å². The number of hydrogen-bond acceptors (Lipinski definition) is 5. The maximum absolute atomic E-state index is 14.6. The van der Waals surface area contributed by atoms with Crippen molar-refractivity contribution in [2.75, 3.05) is 26.4 Å². The Morgan fingerprint density at radius 2 is 1.34 bits per heavy atom. The fraction of sp³-hybridized carbons (Fsp3) is 0.280. The van der Waals surface area contributed by atoms with E-state index in [2.05, 4.69) is 0 Å². The van der Waals surface area contributed by atoms with Crippen LogP contribution in [0.25, 0.3) is 0 Å². The standard InChI is InChI=1S/C25H30O5P2/c1-3-4-19-30-32(27,25-18-12-11-17-24(25)29-20-28-2)21-31(26,22-13-7-5-8-14-22)23-15-9-6-10-16-23/h5-18H,3-4,19-21H2,1-2H3. The van der Waals surface area contributed by atoms with Crippen molar-refractivity contribution < 1.29 is 23.1 Å². The molecule has 170 valence electrons. The zero-order valence-corrected chi connectivity index (χ0v) is 20.3. The molecule has 3 rings (SSSR count). The summed E-state index contributed by atoms with van der Waals surface area (Å²) in [6.45, 7) is 2.37. The van der Waals surface area contributed by atoms with Gasteiger partial charge in [-0.2, -0.15) is 0 Å².